The van der Waals surface area contributed by atoms with Gasteiger partial charge in [-0.15, -0.1) is 0 Å². The van der Waals surface area contributed by atoms with E-state index in [4.69, 9.17) is 16.3 Å². The first-order valence-electron chi connectivity index (χ1n) is 6.95. The maximum absolute atomic E-state index is 12.2. The van der Waals surface area contributed by atoms with E-state index in [2.05, 4.69) is 5.32 Å². The molecule has 2 rings (SSSR count). The Kier molecular flexibility index (Phi) is 5.49. The highest BCUT2D eigenvalue weighted by molar-refractivity contribution is 6.31. The van der Waals surface area contributed by atoms with E-state index in [0.29, 0.717) is 11.3 Å². The number of carbonyl (C=O) groups excluding carboxylic acids is 2. The number of esters is 1. The number of ether oxygens (including phenoxy) is 1. The summed E-state index contributed by atoms with van der Waals surface area (Å²) in [6.07, 6.45) is 0. The van der Waals surface area contributed by atoms with Gasteiger partial charge in [-0.05, 0) is 43.3 Å². The van der Waals surface area contributed by atoms with Gasteiger partial charge in [0.05, 0.1) is 17.1 Å². The van der Waals surface area contributed by atoms with Crippen LogP contribution in [0.2, 0.25) is 5.02 Å². The van der Waals surface area contributed by atoms with Crippen LogP contribution in [-0.4, -0.2) is 23.4 Å². The molecular formula is C16H13ClN2O5. The van der Waals surface area contributed by atoms with Crippen LogP contribution in [0.1, 0.15) is 27.6 Å². The molecular weight excluding hydrogens is 336 g/mol. The Bertz CT molecular complexity index is 790. The fourth-order valence-electron chi connectivity index (χ4n) is 1.95. The molecule has 24 heavy (non-hydrogen) atoms. The van der Waals surface area contributed by atoms with Gasteiger partial charge in [-0.3, -0.25) is 14.9 Å². The highest BCUT2D eigenvalue weighted by Gasteiger charge is 2.20. The van der Waals surface area contributed by atoms with Crippen molar-refractivity contribution in [3.63, 3.8) is 0 Å². The zero-order valence-corrected chi connectivity index (χ0v) is 13.4. The summed E-state index contributed by atoms with van der Waals surface area (Å²) in [5, 5.41) is 13.7. The van der Waals surface area contributed by atoms with E-state index in [9.17, 15) is 19.7 Å². The highest BCUT2D eigenvalue weighted by Crippen LogP contribution is 2.24. The third kappa shape index (κ3) is 4.08. The van der Waals surface area contributed by atoms with Crippen molar-refractivity contribution < 1.29 is 19.2 Å². The minimum absolute atomic E-state index is 0.112. The van der Waals surface area contributed by atoms with E-state index >= 15 is 0 Å². The number of nitrogens with one attached hydrogen (secondary N) is 1. The van der Waals surface area contributed by atoms with Gasteiger partial charge in [0.1, 0.15) is 5.56 Å². The van der Waals surface area contributed by atoms with Crippen molar-refractivity contribution in [2.24, 2.45) is 0 Å². The summed E-state index contributed by atoms with van der Waals surface area (Å²) in [6, 6.07) is 9.78. The maximum atomic E-state index is 12.2. The molecule has 0 saturated heterocycles. The lowest BCUT2D eigenvalue weighted by Gasteiger charge is -2.07. The number of nitro benzene ring substituents is 1. The second-order valence-electron chi connectivity index (χ2n) is 4.67. The quantitative estimate of drug-likeness (QED) is 0.505. The van der Waals surface area contributed by atoms with Crippen LogP contribution in [0.5, 0.6) is 0 Å². The molecule has 0 saturated carbocycles. The first-order chi connectivity index (χ1) is 11.4. The van der Waals surface area contributed by atoms with Crippen molar-refractivity contribution in [2.75, 3.05) is 11.9 Å². The molecule has 0 aliphatic carbocycles. The van der Waals surface area contributed by atoms with Crippen LogP contribution in [0.3, 0.4) is 0 Å². The number of carbonyl (C=O) groups is 2. The third-order valence-corrected chi connectivity index (χ3v) is 3.29. The van der Waals surface area contributed by atoms with Gasteiger partial charge in [0.2, 0.25) is 0 Å². The average Bonchev–Trinajstić information content (AvgIpc) is 2.55. The van der Waals surface area contributed by atoms with Crippen LogP contribution in [-0.2, 0) is 4.74 Å². The molecule has 0 unspecified atom stereocenters. The molecule has 0 heterocycles. The second kappa shape index (κ2) is 7.56. The average molecular weight is 349 g/mol. The monoisotopic (exact) mass is 348 g/mol. The van der Waals surface area contributed by atoms with Gasteiger partial charge in [0.25, 0.3) is 11.6 Å². The summed E-state index contributed by atoms with van der Waals surface area (Å²) in [7, 11) is 0. The number of nitro groups is 1. The Balaban J connectivity index is 2.18. The van der Waals surface area contributed by atoms with Gasteiger partial charge < -0.3 is 10.1 Å². The van der Waals surface area contributed by atoms with Crippen molar-refractivity contribution in [2.45, 2.75) is 6.92 Å². The lowest BCUT2D eigenvalue weighted by molar-refractivity contribution is -0.385. The van der Waals surface area contributed by atoms with Gasteiger partial charge in [-0.1, -0.05) is 11.6 Å². The van der Waals surface area contributed by atoms with Gasteiger partial charge in [0.15, 0.2) is 0 Å². The third-order valence-electron chi connectivity index (χ3n) is 3.06. The lowest BCUT2D eigenvalue weighted by atomic mass is 10.1. The first kappa shape index (κ1) is 17.4. The molecule has 0 spiro atoms. The summed E-state index contributed by atoms with van der Waals surface area (Å²) < 4.78 is 4.86. The zero-order chi connectivity index (χ0) is 17.7. The van der Waals surface area contributed by atoms with Crippen LogP contribution in [0.25, 0.3) is 0 Å². The van der Waals surface area contributed by atoms with Gasteiger partial charge in [-0.2, -0.15) is 0 Å². The summed E-state index contributed by atoms with van der Waals surface area (Å²) in [4.78, 5) is 34.1. The molecule has 1 amide bonds. The molecule has 2 aromatic carbocycles. The molecule has 0 aliphatic rings. The number of rotatable bonds is 5. The standard InChI is InChI=1S/C16H13ClN2O5/c1-2-24-16(21)10-3-6-12(7-4-10)18-15(20)13-8-5-11(17)9-14(13)19(22)23/h3-9H,2H2,1H3,(H,18,20). The Labute approximate surface area is 142 Å². The predicted octanol–water partition coefficient (Wildman–Crippen LogP) is 3.68. The minimum Gasteiger partial charge on any atom is -0.462 e. The van der Waals surface area contributed by atoms with Crippen molar-refractivity contribution in [1.29, 1.82) is 0 Å². The number of hydrogen-bond acceptors (Lipinski definition) is 5. The van der Waals surface area contributed by atoms with E-state index in [-0.39, 0.29) is 22.9 Å². The number of benzene rings is 2. The van der Waals surface area contributed by atoms with Gasteiger partial charge in [0, 0.05) is 16.8 Å². The Hall–Kier alpha value is -2.93. The molecule has 1 N–H and O–H groups in total. The number of anilines is 1. The topological polar surface area (TPSA) is 98.5 Å². The molecule has 0 bridgehead atoms. The van der Waals surface area contributed by atoms with Crippen LogP contribution in [0.15, 0.2) is 42.5 Å². The van der Waals surface area contributed by atoms with Crippen molar-refractivity contribution in [3.05, 3.63) is 68.7 Å². The Morgan fingerprint density at radius 2 is 1.88 bits per heavy atom. The highest BCUT2D eigenvalue weighted by atomic mass is 35.5. The smallest absolute Gasteiger partial charge is 0.338 e. The number of nitrogens with zero attached hydrogens (tertiary/aromatic N) is 1. The molecule has 124 valence electrons. The fraction of sp³-hybridized carbons (Fsp3) is 0.125. The molecule has 0 atom stereocenters. The zero-order valence-electron chi connectivity index (χ0n) is 12.6. The minimum atomic E-state index is -0.676. The van der Waals surface area contributed by atoms with Gasteiger partial charge >= 0.3 is 5.97 Å². The number of amides is 1. The molecule has 7 nitrogen and oxygen atoms in total. The summed E-state index contributed by atoms with van der Waals surface area (Å²) in [5.74, 6) is -1.12. The van der Waals surface area contributed by atoms with E-state index in [0.717, 1.165) is 6.07 Å². The Morgan fingerprint density at radius 1 is 1.21 bits per heavy atom. The summed E-state index contributed by atoms with van der Waals surface area (Å²) in [6.45, 7) is 1.96. The predicted molar refractivity (Wildman–Crippen MR) is 88.5 cm³/mol. The van der Waals surface area contributed by atoms with Crippen LogP contribution < -0.4 is 5.32 Å². The maximum Gasteiger partial charge on any atom is 0.338 e. The molecule has 0 aromatic heterocycles. The molecule has 0 radical (unpaired) electrons. The van der Waals surface area contributed by atoms with E-state index in [1.807, 2.05) is 0 Å². The van der Waals surface area contributed by atoms with Gasteiger partial charge in [-0.25, -0.2) is 4.79 Å². The van der Waals surface area contributed by atoms with E-state index < -0.39 is 16.8 Å². The normalized spacial score (nSPS) is 10.1. The Morgan fingerprint density at radius 3 is 2.46 bits per heavy atom. The summed E-state index contributed by atoms with van der Waals surface area (Å²) in [5.41, 5.74) is 0.228. The SMILES string of the molecule is CCOC(=O)c1ccc(NC(=O)c2ccc(Cl)cc2[N+](=O)[O-])cc1. The molecule has 0 fully saturated rings. The lowest BCUT2D eigenvalue weighted by Crippen LogP contribution is -2.14. The van der Waals surface area contributed by atoms with Crippen molar-refractivity contribution >= 4 is 34.9 Å². The number of hydrogen-bond donors (Lipinski definition) is 1. The molecule has 0 aliphatic heterocycles. The second-order valence-corrected chi connectivity index (χ2v) is 5.11. The van der Waals surface area contributed by atoms with Crippen LogP contribution >= 0.6 is 11.6 Å². The van der Waals surface area contributed by atoms with Crippen molar-refractivity contribution in [3.8, 4) is 0 Å². The fourth-order valence-corrected chi connectivity index (χ4v) is 2.12. The number of halogens is 1. The molecule has 2 aromatic rings. The molecule has 8 heteroatoms. The largest absolute Gasteiger partial charge is 0.462 e. The van der Waals surface area contributed by atoms with Crippen LogP contribution in [0.4, 0.5) is 11.4 Å². The first-order valence-corrected chi connectivity index (χ1v) is 7.32. The summed E-state index contributed by atoms with van der Waals surface area (Å²) >= 11 is 5.72. The van der Waals surface area contributed by atoms with E-state index in [1.54, 1.807) is 6.92 Å². The van der Waals surface area contributed by atoms with Crippen LogP contribution in [0, 0.1) is 10.1 Å². The van der Waals surface area contributed by atoms with Crippen molar-refractivity contribution in [1.82, 2.24) is 0 Å². The van der Waals surface area contributed by atoms with E-state index in [1.165, 1.54) is 36.4 Å².